The minimum atomic E-state index is -3.64. The lowest BCUT2D eigenvalue weighted by molar-refractivity contribution is 0.598. The van der Waals surface area contributed by atoms with Gasteiger partial charge in [0, 0.05) is 20.1 Å². The van der Waals surface area contributed by atoms with Gasteiger partial charge in [-0.1, -0.05) is 48.9 Å². The predicted molar refractivity (Wildman–Crippen MR) is 126 cm³/mol. The van der Waals surface area contributed by atoms with Crippen LogP contribution < -0.4 is 15.8 Å². The van der Waals surface area contributed by atoms with Crippen LogP contribution in [-0.2, 0) is 16.4 Å². The summed E-state index contributed by atoms with van der Waals surface area (Å²) in [6.45, 7) is 5.73. The Kier molecular flexibility index (Phi) is 9.91. The Bertz CT molecular complexity index is 866. The molecular weight excluding hydrogens is 487 g/mol. The highest BCUT2D eigenvalue weighted by atomic mass is 127. The number of hydrogen-bond donors (Lipinski definition) is 3. The number of primary sulfonamides is 1. The maximum absolute atomic E-state index is 11.3. The molecule has 0 aliphatic rings. The third-order valence-corrected chi connectivity index (χ3v) is 5.33. The normalized spacial score (nSPS) is 12.8. The molecule has 0 aromatic heterocycles. The molecule has 6 nitrogen and oxygen atoms in total. The van der Waals surface area contributed by atoms with E-state index in [0.717, 1.165) is 24.5 Å². The summed E-state index contributed by atoms with van der Waals surface area (Å²) in [5.41, 5.74) is 3.57. The Morgan fingerprint density at radius 1 is 1.07 bits per heavy atom. The zero-order valence-corrected chi connectivity index (χ0v) is 19.6. The molecule has 2 aromatic carbocycles. The molecule has 0 amide bonds. The maximum Gasteiger partial charge on any atom is 0.238 e. The number of nitrogens with one attached hydrogen (secondary N) is 2. The first-order valence-corrected chi connectivity index (χ1v) is 10.5. The van der Waals surface area contributed by atoms with E-state index in [1.54, 1.807) is 19.2 Å². The van der Waals surface area contributed by atoms with Crippen molar-refractivity contribution in [2.24, 2.45) is 10.1 Å². The van der Waals surface area contributed by atoms with E-state index in [1.807, 2.05) is 0 Å². The molecule has 0 saturated heterocycles. The molecule has 0 radical (unpaired) electrons. The number of hydrogen-bond acceptors (Lipinski definition) is 3. The Morgan fingerprint density at radius 3 is 2.21 bits per heavy atom. The molecule has 0 aliphatic carbocycles. The molecule has 2 aromatic rings. The molecule has 8 heteroatoms. The van der Waals surface area contributed by atoms with Gasteiger partial charge in [-0.3, -0.25) is 4.99 Å². The van der Waals surface area contributed by atoms with E-state index < -0.39 is 10.0 Å². The third kappa shape index (κ3) is 7.76. The quantitative estimate of drug-likeness (QED) is 0.300. The van der Waals surface area contributed by atoms with Crippen LogP contribution >= 0.6 is 24.0 Å². The Hall–Kier alpha value is -1.65. The first kappa shape index (κ1) is 24.4. The van der Waals surface area contributed by atoms with Gasteiger partial charge in [0.1, 0.15) is 0 Å². The van der Waals surface area contributed by atoms with Crippen LogP contribution in [0.5, 0.6) is 0 Å². The lowest BCUT2D eigenvalue weighted by Gasteiger charge is -2.16. The topological polar surface area (TPSA) is 96.6 Å². The summed E-state index contributed by atoms with van der Waals surface area (Å²) in [4.78, 5) is 4.37. The van der Waals surface area contributed by atoms with E-state index >= 15 is 0 Å². The van der Waals surface area contributed by atoms with Crippen LogP contribution in [0.3, 0.4) is 0 Å². The van der Waals surface area contributed by atoms with Crippen LogP contribution in [0.2, 0.25) is 0 Å². The van der Waals surface area contributed by atoms with Gasteiger partial charge in [-0.05, 0) is 42.5 Å². The van der Waals surface area contributed by atoms with Crippen molar-refractivity contribution in [1.29, 1.82) is 0 Å². The maximum atomic E-state index is 11.3. The highest BCUT2D eigenvalue weighted by Crippen LogP contribution is 2.14. The number of halogens is 1. The van der Waals surface area contributed by atoms with Crippen LogP contribution in [0.1, 0.15) is 29.5 Å². The average Bonchev–Trinajstić information content (AvgIpc) is 2.64. The summed E-state index contributed by atoms with van der Waals surface area (Å²) in [5.74, 6) is 1.12. The van der Waals surface area contributed by atoms with E-state index in [1.165, 1.54) is 23.3 Å². The lowest BCUT2D eigenvalue weighted by atomic mass is 10.0. The first-order chi connectivity index (χ1) is 12.8. The second kappa shape index (κ2) is 11.4. The van der Waals surface area contributed by atoms with Gasteiger partial charge in [0.05, 0.1) is 4.90 Å². The van der Waals surface area contributed by atoms with Crippen molar-refractivity contribution in [3.8, 4) is 0 Å². The number of guanidine groups is 1. The van der Waals surface area contributed by atoms with Crippen molar-refractivity contribution >= 4 is 40.0 Å². The molecule has 154 valence electrons. The summed E-state index contributed by atoms with van der Waals surface area (Å²) >= 11 is 0. The number of nitrogens with two attached hydrogens (primary N) is 1. The smallest absolute Gasteiger partial charge is 0.238 e. The average molecular weight is 516 g/mol. The number of benzene rings is 2. The molecule has 0 heterocycles. The Balaban J connectivity index is 0.00000392. The van der Waals surface area contributed by atoms with E-state index in [4.69, 9.17) is 5.14 Å². The van der Waals surface area contributed by atoms with Gasteiger partial charge in [0.15, 0.2) is 5.96 Å². The van der Waals surface area contributed by atoms with Crippen LogP contribution in [0.25, 0.3) is 0 Å². The van der Waals surface area contributed by atoms with E-state index in [0.29, 0.717) is 12.5 Å². The van der Waals surface area contributed by atoms with Gasteiger partial charge in [-0.2, -0.15) is 0 Å². The Labute approximate surface area is 185 Å². The third-order valence-electron chi connectivity index (χ3n) is 4.40. The van der Waals surface area contributed by atoms with Crippen molar-refractivity contribution in [2.45, 2.75) is 31.1 Å². The van der Waals surface area contributed by atoms with Crippen LogP contribution in [-0.4, -0.2) is 34.5 Å². The second-order valence-corrected chi connectivity index (χ2v) is 8.19. The molecule has 28 heavy (non-hydrogen) atoms. The van der Waals surface area contributed by atoms with Crippen molar-refractivity contribution in [3.63, 3.8) is 0 Å². The molecular formula is C20H29IN4O2S. The molecule has 0 spiro atoms. The van der Waals surface area contributed by atoms with Gasteiger partial charge in [-0.25, -0.2) is 13.6 Å². The van der Waals surface area contributed by atoms with Gasteiger partial charge in [-0.15, -0.1) is 24.0 Å². The summed E-state index contributed by atoms with van der Waals surface area (Å²) in [7, 11) is -1.90. The van der Waals surface area contributed by atoms with E-state index in [9.17, 15) is 8.42 Å². The van der Waals surface area contributed by atoms with Crippen molar-refractivity contribution in [3.05, 3.63) is 65.2 Å². The fourth-order valence-corrected chi connectivity index (χ4v) is 3.17. The van der Waals surface area contributed by atoms with Gasteiger partial charge >= 0.3 is 0 Å². The lowest BCUT2D eigenvalue weighted by Crippen LogP contribution is -2.39. The molecule has 0 aliphatic heterocycles. The molecule has 2 rings (SSSR count). The van der Waals surface area contributed by atoms with E-state index in [2.05, 4.69) is 53.7 Å². The largest absolute Gasteiger partial charge is 0.356 e. The summed E-state index contributed by atoms with van der Waals surface area (Å²) in [5, 5.41) is 11.7. The van der Waals surface area contributed by atoms with Crippen LogP contribution in [0.15, 0.2) is 58.4 Å². The number of sulfonamides is 1. The van der Waals surface area contributed by atoms with Crippen molar-refractivity contribution in [1.82, 2.24) is 10.6 Å². The zero-order valence-electron chi connectivity index (χ0n) is 16.5. The first-order valence-electron chi connectivity index (χ1n) is 8.92. The summed E-state index contributed by atoms with van der Waals surface area (Å²) < 4.78 is 22.5. The Morgan fingerprint density at radius 2 is 1.68 bits per heavy atom. The van der Waals surface area contributed by atoms with Crippen molar-refractivity contribution in [2.75, 3.05) is 20.1 Å². The zero-order chi connectivity index (χ0) is 19.9. The fraction of sp³-hybridized carbons (Fsp3) is 0.350. The monoisotopic (exact) mass is 516 g/mol. The predicted octanol–water partition coefficient (Wildman–Crippen LogP) is 2.77. The number of nitrogens with zero attached hydrogens (tertiary/aromatic N) is 1. The number of aryl methyl sites for hydroxylation is 1. The summed E-state index contributed by atoms with van der Waals surface area (Å²) in [6.07, 6.45) is 0.749. The van der Waals surface area contributed by atoms with Gasteiger partial charge in [0.2, 0.25) is 10.0 Å². The fourth-order valence-electron chi connectivity index (χ4n) is 2.65. The van der Waals surface area contributed by atoms with Crippen LogP contribution in [0, 0.1) is 6.92 Å². The van der Waals surface area contributed by atoms with Crippen molar-refractivity contribution < 1.29 is 8.42 Å². The van der Waals surface area contributed by atoms with E-state index in [-0.39, 0.29) is 28.9 Å². The molecule has 1 atom stereocenters. The molecule has 0 fully saturated rings. The molecule has 4 N–H and O–H groups in total. The van der Waals surface area contributed by atoms with Crippen LogP contribution in [0.4, 0.5) is 0 Å². The SMILES string of the molecule is CN=C(NCCc1ccc(S(N)(=O)=O)cc1)NCC(C)c1ccc(C)cc1.I. The van der Waals surface area contributed by atoms with Gasteiger partial charge < -0.3 is 10.6 Å². The second-order valence-electron chi connectivity index (χ2n) is 6.63. The molecule has 1 unspecified atom stereocenters. The molecule has 0 bridgehead atoms. The summed E-state index contributed by atoms with van der Waals surface area (Å²) in [6, 6.07) is 15.2. The standard InChI is InChI=1S/C20H28N4O2S.HI/c1-15-4-8-18(9-5-15)16(2)14-24-20(22-3)23-13-12-17-6-10-19(11-7-17)27(21,25)26;/h4-11,16H,12-14H2,1-3H3,(H2,21,25,26)(H2,22,23,24);1H. The van der Waals surface area contributed by atoms with Gasteiger partial charge in [0.25, 0.3) is 0 Å². The molecule has 0 saturated carbocycles. The minimum Gasteiger partial charge on any atom is -0.356 e. The number of rotatable bonds is 7. The highest BCUT2D eigenvalue weighted by Gasteiger charge is 2.08. The minimum absolute atomic E-state index is 0. The number of aliphatic imine (C=N–C) groups is 1. The highest BCUT2D eigenvalue weighted by molar-refractivity contribution is 14.0.